The van der Waals surface area contributed by atoms with Crippen molar-refractivity contribution in [2.45, 2.75) is 0 Å². The first kappa shape index (κ1) is 18.3. The van der Waals surface area contributed by atoms with Gasteiger partial charge in [-0.3, -0.25) is 0 Å². The molecule has 1 aromatic rings. The number of aromatic carboxylic acids is 1. The molecule has 1 aromatic carbocycles. The number of aliphatic hydroxyl groups excluding tert-OH is 2. The molecule has 5 N–H and O–H groups in total. The minimum Gasteiger partial charge on any atom is -0.478 e. The highest BCUT2D eigenvalue weighted by Crippen LogP contribution is 2.04. The van der Waals surface area contributed by atoms with Gasteiger partial charge in [-0.2, -0.15) is 0 Å². The number of carboxylic acid groups (broad SMARTS) is 1. The monoisotopic (exact) mass is 287 g/mol. The Morgan fingerprint density at radius 1 is 0.950 bits per heavy atom. The van der Waals surface area contributed by atoms with E-state index in [0.29, 0.717) is 32.1 Å². The van der Waals surface area contributed by atoms with Gasteiger partial charge in [-0.05, 0) is 24.3 Å². The molecule has 0 aliphatic rings. The third-order valence-electron chi connectivity index (χ3n) is 2.00. The molecular formula is C13H21NO6. The number of carboxylic acids is 1. The first-order valence-corrected chi connectivity index (χ1v) is 6.07. The first-order valence-electron chi connectivity index (χ1n) is 6.07. The van der Waals surface area contributed by atoms with E-state index in [1.54, 1.807) is 12.1 Å². The first-order chi connectivity index (χ1) is 9.61. The van der Waals surface area contributed by atoms with Gasteiger partial charge in [-0.25, -0.2) is 4.79 Å². The van der Waals surface area contributed by atoms with Crippen LogP contribution < -0.4 is 5.73 Å². The standard InChI is InChI=1S/C7H7NO2.C6H14O4/c8-6-3-1-5(2-4-6)7(9)10;7-1-3-9-5-6-10-4-2-8/h1-4H,8H2,(H,9,10);7-8H,1-6H2. The molecule has 114 valence electrons. The fraction of sp³-hybridized carbons (Fsp3) is 0.462. The van der Waals surface area contributed by atoms with E-state index in [9.17, 15) is 4.79 Å². The third-order valence-corrected chi connectivity index (χ3v) is 2.00. The van der Waals surface area contributed by atoms with Crippen LogP contribution >= 0.6 is 0 Å². The summed E-state index contributed by atoms with van der Waals surface area (Å²) in [7, 11) is 0. The maximum atomic E-state index is 10.3. The molecule has 0 saturated carbocycles. The lowest BCUT2D eigenvalue weighted by Crippen LogP contribution is -2.09. The summed E-state index contributed by atoms with van der Waals surface area (Å²) < 4.78 is 9.75. The van der Waals surface area contributed by atoms with E-state index in [4.69, 9.17) is 30.5 Å². The molecule has 0 spiro atoms. The Bertz CT molecular complexity index is 346. The van der Waals surface area contributed by atoms with Crippen molar-refractivity contribution in [1.29, 1.82) is 0 Å². The molecule has 0 aliphatic heterocycles. The van der Waals surface area contributed by atoms with Crippen molar-refractivity contribution in [2.24, 2.45) is 0 Å². The number of hydrogen-bond donors (Lipinski definition) is 4. The molecule has 0 amide bonds. The molecule has 0 radical (unpaired) electrons. The van der Waals surface area contributed by atoms with Crippen LogP contribution in [-0.4, -0.2) is 60.9 Å². The van der Waals surface area contributed by atoms with Crippen LogP contribution in [0.4, 0.5) is 5.69 Å². The second kappa shape index (κ2) is 12.4. The Morgan fingerprint density at radius 2 is 1.40 bits per heavy atom. The van der Waals surface area contributed by atoms with Gasteiger partial charge in [0.25, 0.3) is 0 Å². The zero-order valence-electron chi connectivity index (χ0n) is 11.2. The number of aliphatic hydroxyl groups is 2. The average molecular weight is 287 g/mol. The number of benzene rings is 1. The summed E-state index contributed by atoms with van der Waals surface area (Å²) in [6.07, 6.45) is 0. The Morgan fingerprint density at radius 3 is 1.75 bits per heavy atom. The molecule has 0 saturated heterocycles. The topological polar surface area (TPSA) is 122 Å². The lowest BCUT2D eigenvalue weighted by molar-refractivity contribution is 0.0222. The van der Waals surface area contributed by atoms with Crippen molar-refractivity contribution in [3.05, 3.63) is 29.8 Å². The predicted octanol–water partition coefficient (Wildman–Crippen LogP) is -0.0288. The smallest absolute Gasteiger partial charge is 0.335 e. The van der Waals surface area contributed by atoms with E-state index in [2.05, 4.69) is 0 Å². The maximum Gasteiger partial charge on any atom is 0.335 e. The van der Waals surface area contributed by atoms with Gasteiger partial charge in [0.1, 0.15) is 0 Å². The lowest BCUT2D eigenvalue weighted by Gasteiger charge is -2.01. The number of anilines is 1. The number of rotatable bonds is 8. The highest BCUT2D eigenvalue weighted by molar-refractivity contribution is 5.87. The fourth-order valence-corrected chi connectivity index (χ4v) is 1.08. The summed E-state index contributed by atoms with van der Waals surface area (Å²) in [4.78, 5) is 10.3. The molecule has 0 aliphatic carbocycles. The fourth-order valence-electron chi connectivity index (χ4n) is 1.08. The number of nitrogens with two attached hydrogens (primary N) is 1. The zero-order chi connectivity index (χ0) is 15.2. The van der Waals surface area contributed by atoms with Gasteiger partial charge in [0.15, 0.2) is 0 Å². The van der Waals surface area contributed by atoms with E-state index in [1.807, 2.05) is 0 Å². The van der Waals surface area contributed by atoms with Crippen LogP contribution in [0.15, 0.2) is 24.3 Å². The van der Waals surface area contributed by atoms with E-state index >= 15 is 0 Å². The highest BCUT2D eigenvalue weighted by atomic mass is 16.5. The Kier molecular flexibility index (Phi) is 11.3. The molecule has 0 heterocycles. The van der Waals surface area contributed by atoms with Crippen LogP contribution in [0, 0.1) is 0 Å². The molecular weight excluding hydrogens is 266 g/mol. The molecule has 0 aromatic heterocycles. The Hall–Kier alpha value is -1.67. The molecule has 0 fully saturated rings. The van der Waals surface area contributed by atoms with Gasteiger partial charge in [-0.15, -0.1) is 0 Å². The number of nitrogen functional groups attached to an aromatic ring is 1. The van der Waals surface area contributed by atoms with Gasteiger partial charge in [0.05, 0.1) is 45.2 Å². The maximum absolute atomic E-state index is 10.3. The quantitative estimate of drug-likeness (QED) is 0.391. The third kappa shape index (κ3) is 10.3. The highest BCUT2D eigenvalue weighted by Gasteiger charge is 1.98. The summed E-state index contributed by atoms with van der Waals surface area (Å²) >= 11 is 0. The summed E-state index contributed by atoms with van der Waals surface area (Å²) in [5.74, 6) is -0.931. The second-order valence-electron chi connectivity index (χ2n) is 3.60. The Balaban J connectivity index is 0.000000361. The molecule has 20 heavy (non-hydrogen) atoms. The summed E-state index contributed by atoms with van der Waals surface area (Å²) in [6.45, 7) is 1.73. The number of carbonyl (C=O) groups is 1. The van der Waals surface area contributed by atoms with Crippen molar-refractivity contribution in [3.8, 4) is 0 Å². The molecule has 0 unspecified atom stereocenters. The van der Waals surface area contributed by atoms with E-state index < -0.39 is 5.97 Å². The van der Waals surface area contributed by atoms with Crippen LogP contribution in [0.25, 0.3) is 0 Å². The van der Waals surface area contributed by atoms with Crippen molar-refractivity contribution in [3.63, 3.8) is 0 Å². The van der Waals surface area contributed by atoms with E-state index in [0.717, 1.165) is 0 Å². The van der Waals surface area contributed by atoms with Crippen LogP contribution in [0.5, 0.6) is 0 Å². The predicted molar refractivity (Wildman–Crippen MR) is 73.6 cm³/mol. The van der Waals surface area contributed by atoms with Crippen LogP contribution in [0.2, 0.25) is 0 Å². The minimum atomic E-state index is -0.931. The van der Waals surface area contributed by atoms with Crippen LogP contribution in [-0.2, 0) is 9.47 Å². The minimum absolute atomic E-state index is 0.0417. The normalized spacial score (nSPS) is 9.70. The molecule has 0 bridgehead atoms. The largest absolute Gasteiger partial charge is 0.478 e. The zero-order valence-corrected chi connectivity index (χ0v) is 11.2. The van der Waals surface area contributed by atoms with Crippen molar-refractivity contribution in [1.82, 2.24) is 0 Å². The summed E-state index contributed by atoms with van der Waals surface area (Å²) in [5, 5.41) is 25.0. The molecule has 1 rings (SSSR count). The van der Waals surface area contributed by atoms with Crippen molar-refractivity contribution >= 4 is 11.7 Å². The summed E-state index contributed by atoms with van der Waals surface area (Å²) in [6, 6.07) is 6.06. The van der Waals surface area contributed by atoms with Gasteiger partial charge in [0, 0.05) is 5.69 Å². The molecule has 7 heteroatoms. The average Bonchev–Trinajstić information content (AvgIpc) is 2.44. The van der Waals surface area contributed by atoms with Crippen molar-refractivity contribution in [2.75, 3.05) is 45.4 Å². The lowest BCUT2D eigenvalue weighted by atomic mass is 10.2. The number of ether oxygens (including phenoxy) is 2. The van der Waals surface area contributed by atoms with E-state index in [1.165, 1.54) is 12.1 Å². The van der Waals surface area contributed by atoms with Crippen LogP contribution in [0.1, 0.15) is 10.4 Å². The van der Waals surface area contributed by atoms with Gasteiger partial charge in [0.2, 0.25) is 0 Å². The van der Waals surface area contributed by atoms with Gasteiger partial charge in [-0.1, -0.05) is 0 Å². The van der Waals surface area contributed by atoms with Crippen molar-refractivity contribution < 1.29 is 29.6 Å². The van der Waals surface area contributed by atoms with Gasteiger partial charge >= 0.3 is 5.97 Å². The molecule has 0 atom stereocenters. The SMILES string of the molecule is Nc1ccc(C(=O)O)cc1.OCCOCCOCCO. The van der Waals surface area contributed by atoms with E-state index in [-0.39, 0.29) is 18.8 Å². The number of hydrogen-bond acceptors (Lipinski definition) is 6. The second-order valence-corrected chi connectivity index (χ2v) is 3.60. The van der Waals surface area contributed by atoms with Crippen LogP contribution in [0.3, 0.4) is 0 Å². The summed E-state index contributed by atoms with van der Waals surface area (Å²) in [5.41, 5.74) is 6.17. The Labute approximate surface area is 117 Å². The molecule has 7 nitrogen and oxygen atoms in total. The van der Waals surface area contributed by atoms with Gasteiger partial charge < -0.3 is 30.5 Å².